The molecule has 4 rings (SSSR count). The molecule has 6 nitrogen and oxygen atoms in total. The number of methoxy groups -OCH3 is 1. The maximum Gasteiger partial charge on any atom is 0.277 e. The average molecular weight is 460 g/mol. The van der Waals surface area contributed by atoms with Gasteiger partial charge in [0.05, 0.1) is 25.8 Å². The second-order valence-electron chi connectivity index (χ2n) is 7.58. The highest BCUT2D eigenvalue weighted by molar-refractivity contribution is 7.99. The topological polar surface area (TPSA) is 68.5 Å². The van der Waals surface area contributed by atoms with Crippen LogP contribution in [0, 0.1) is 6.92 Å². The van der Waals surface area contributed by atoms with Gasteiger partial charge < -0.3 is 14.1 Å². The van der Waals surface area contributed by atoms with Crippen LogP contribution in [0.25, 0.3) is 0 Å². The highest BCUT2D eigenvalue weighted by atomic mass is 32.2. The standard InChI is InChI=1S/C26H25N3O3S/c1-19-7-6-10-22(15-19)29(17-21-8-4-3-5-9-21)25(30)18-33-26-28-27-24(32-26)16-20-11-13-23(31-2)14-12-20/h3-15H,16-18H2,1-2H3. The lowest BCUT2D eigenvalue weighted by Gasteiger charge is -2.23. The molecule has 0 unspecified atom stereocenters. The zero-order valence-electron chi connectivity index (χ0n) is 18.6. The molecular weight excluding hydrogens is 434 g/mol. The van der Waals surface area contributed by atoms with E-state index in [0.717, 1.165) is 28.1 Å². The molecule has 0 saturated heterocycles. The number of carbonyl (C=O) groups is 1. The minimum atomic E-state index is -0.0237. The van der Waals surface area contributed by atoms with Crippen molar-refractivity contribution in [3.63, 3.8) is 0 Å². The molecule has 1 amide bonds. The SMILES string of the molecule is COc1ccc(Cc2nnc(SCC(=O)N(Cc3ccccc3)c3cccc(C)c3)o2)cc1. The van der Waals surface area contributed by atoms with Gasteiger partial charge in [-0.05, 0) is 47.9 Å². The van der Waals surface area contributed by atoms with Crippen LogP contribution in [-0.2, 0) is 17.8 Å². The predicted octanol–water partition coefficient (Wildman–Crippen LogP) is 5.30. The summed E-state index contributed by atoms with van der Waals surface area (Å²) >= 11 is 1.25. The fraction of sp³-hybridized carbons (Fsp3) is 0.192. The number of aromatic nitrogens is 2. The molecule has 0 bridgehead atoms. The largest absolute Gasteiger partial charge is 0.497 e. The number of hydrogen-bond acceptors (Lipinski definition) is 6. The number of anilines is 1. The van der Waals surface area contributed by atoms with Crippen molar-refractivity contribution in [1.82, 2.24) is 10.2 Å². The number of carbonyl (C=O) groups excluding carboxylic acids is 1. The minimum absolute atomic E-state index is 0.0237. The van der Waals surface area contributed by atoms with Crippen LogP contribution in [0.2, 0.25) is 0 Å². The van der Waals surface area contributed by atoms with Crippen LogP contribution in [0.3, 0.4) is 0 Å². The van der Waals surface area contributed by atoms with Gasteiger partial charge in [0.25, 0.3) is 5.22 Å². The van der Waals surface area contributed by atoms with Crippen LogP contribution in [0.4, 0.5) is 5.69 Å². The molecule has 4 aromatic rings. The third kappa shape index (κ3) is 6.23. The van der Waals surface area contributed by atoms with Crippen molar-refractivity contribution in [3.8, 4) is 5.75 Å². The van der Waals surface area contributed by atoms with Crippen LogP contribution in [0.1, 0.15) is 22.6 Å². The van der Waals surface area contributed by atoms with Gasteiger partial charge in [0, 0.05) is 5.69 Å². The Morgan fingerprint density at radius 1 is 0.970 bits per heavy atom. The van der Waals surface area contributed by atoms with Crippen molar-refractivity contribution in [2.24, 2.45) is 0 Å². The molecule has 0 aliphatic rings. The number of aryl methyl sites for hydroxylation is 1. The van der Waals surface area contributed by atoms with Crippen LogP contribution >= 0.6 is 11.8 Å². The van der Waals surface area contributed by atoms with E-state index in [9.17, 15) is 4.79 Å². The van der Waals surface area contributed by atoms with E-state index < -0.39 is 0 Å². The highest BCUT2D eigenvalue weighted by Crippen LogP contribution is 2.23. The maximum absolute atomic E-state index is 13.2. The van der Waals surface area contributed by atoms with Gasteiger partial charge in [-0.1, -0.05) is 66.4 Å². The smallest absolute Gasteiger partial charge is 0.277 e. The van der Waals surface area contributed by atoms with Gasteiger partial charge in [0.2, 0.25) is 11.8 Å². The van der Waals surface area contributed by atoms with Gasteiger partial charge in [-0.25, -0.2) is 0 Å². The fourth-order valence-corrected chi connectivity index (χ4v) is 4.03. The molecule has 1 aromatic heterocycles. The number of thioether (sulfide) groups is 1. The van der Waals surface area contributed by atoms with E-state index in [4.69, 9.17) is 9.15 Å². The molecule has 0 saturated carbocycles. The monoisotopic (exact) mass is 459 g/mol. The summed E-state index contributed by atoms with van der Waals surface area (Å²) in [6.07, 6.45) is 0.523. The maximum atomic E-state index is 13.2. The van der Waals surface area contributed by atoms with Crippen molar-refractivity contribution in [2.45, 2.75) is 25.1 Å². The molecule has 0 fully saturated rings. The van der Waals surface area contributed by atoms with Crippen LogP contribution < -0.4 is 9.64 Å². The first-order valence-electron chi connectivity index (χ1n) is 10.6. The zero-order chi connectivity index (χ0) is 23.0. The molecule has 0 atom stereocenters. The van der Waals surface area contributed by atoms with Gasteiger partial charge in [-0.3, -0.25) is 4.79 Å². The summed E-state index contributed by atoms with van der Waals surface area (Å²) in [6, 6.07) is 25.6. The second kappa shape index (κ2) is 10.8. The summed E-state index contributed by atoms with van der Waals surface area (Å²) in [5.41, 5.74) is 4.08. The van der Waals surface area contributed by atoms with E-state index in [1.54, 1.807) is 12.0 Å². The van der Waals surface area contributed by atoms with Crippen molar-refractivity contribution in [1.29, 1.82) is 0 Å². The lowest BCUT2D eigenvalue weighted by Crippen LogP contribution is -2.32. The Morgan fingerprint density at radius 2 is 1.76 bits per heavy atom. The van der Waals surface area contributed by atoms with Gasteiger partial charge >= 0.3 is 0 Å². The number of benzene rings is 3. The Morgan fingerprint density at radius 3 is 2.48 bits per heavy atom. The molecule has 1 heterocycles. The molecule has 168 valence electrons. The number of ether oxygens (including phenoxy) is 1. The second-order valence-corrected chi connectivity index (χ2v) is 8.51. The summed E-state index contributed by atoms with van der Waals surface area (Å²) in [6.45, 7) is 2.52. The molecule has 33 heavy (non-hydrogen) atoms. The number of nitrogens with zero attached hydrogens (tertiary/aromatic N) is 3. The van der Waals surface area contributed by atoms with E-state index in [1.807, 2.05) is 85.8 Å². The van der Waals surface area contributed by atoms with E-state index in [-0.39, 0.29) is 11.7 Å². The minimum Gasteiger partial charge on any atom is -0.497 e. The van der Waals surface area contributed by atoms with Crippen LogP contribution in [0.5, 0.6) is 5.75 Å². The van der Waals surface area contributed by atoms with E-state index in [0.29, 0.717) is 24.1 Å². The van der Waals surface area contributed by atoms with Gasteiger partial charge in [-0.15, -0.1) is 10.2 Å². The summed E-state index contributed by atoms with van der Waals surface area (Å²) in [7, 11) is 1.64. The highest BCUT2D eigenvalue weighted by Gasteiger charge is 2.18. The molecular formula is C26H25N3O3S. The summed E-state index contributed by atoms with van der Waals surface area (Å²) in [5, 5.41) is 8.60. The summed E-state index contributed by atoms with van der Waals surface area (Å²) in [5.74, 6) is 1.48. The predicted molar refractivity (Wildman–Crippen MR) is 130 cm³/mol. The van der Waals surface area contributed by atoms with Crippen molar-refractivity contribution < 1.29 is 13.9 Å². The molecule has 0 spiro atoms. The lowest BCUT2D eigenvalue weighted by atomic mass is 10.1. The lowest BCUT2D eigenvalue weighted by molar-refractivity contribution is -0.116. The Bertz CT molecular complexity index is 1190. The van der Waals surface area contributed by atoms with E-state index >= 15 is 0 Å². The first-order valence-corrected chi connectivity index (χ1v) is 11.6. The number of rotatable bonds is 9. The Kier molecular flexibility index (Phi) is 7.42. The van der Waals surface area contributed by atoms with Gasteiger partial charge in [-0.2, -0.15) is 0 Å². The third-order valence-corrected chi connectivity index (χ3v) is 5.88. The molecule has 0 radical (unpaired) electrons. The average Bonchev–Trinajstić information content (AvgIpc) is 3.29. The molecule has 7 heteroatoms. The van der Waals surface area contributed by atoms with E-state index in [2.05, 4.69) is 10.2 Å². The third-order valence-electron chi connectivity index (χ3n) is 5.08. The fourth-order valence-electron chi connectivity index (χ4n) is 3.37. The molecule has 0 N–H and O–H groups in total. The quantitative estimate of drug-likeness (QED) is 0.316. The molecule has 0 aliphatic heterocycles. The van der Waals surface area contributed by atoms with Crippen molar-refractivity contribution in [3.05, 3.63) is 101 Å². The molecule has 0 aliphatic carbocycles. The first kappa shape index (κ1) is 22.6. The Labute approximate surface area is 197 Å². The van der Waals surface area contributed by atoms with E-state index in [1.165, 1.54) is 11.8 Å². The zero-order valence-corrected chi connectivity index (χ0v) is 19.4. The Hall–Kier alpha value is -3.58. The summed E-state index contributed by atoms with van der Waals surface area (Å²) in [4.78, 5) is 15.0. The molecule has 3 aromatic carbocycles. The Balaban J connectivity index is 1.41. The van der Waals surface area contributed by atoms with Crippen molar-refractivity contribution >= 4 is 23.4 Å². The number of amides is 1. The van der Waals surface area contributed by atoms with Crippen LogP contribution in [0.15, 0.2) is 88.5 Å². The van der Waals surface area contributed by atoms with Crippen LogP contribution in [-0.4, -0.2) is 29.0 Å². The van der Waals surface area contributed by atoms with Gasteiger partial charge in [0.15, 0.2) is 0 Å². The van der Waals surface area contributed by atoms with Gasteiger partial charge in [0.1, 0.15) is 5.75 Å². The normalized spacial score (nSPS) is 10.7. The first-order chi connectivity index (χ1) is 16.1. The number of hydrogen-bond donors (Lipinski definition) is 0. The van der Waals surface area contributed by atoms with Crippen molar-refractivity contribution in [2.75, 3.05) is 17.8 Å². The summed E-state index contributed by atoms with van der Waals surface area (Å²) < 4.78 is 10.9.